The van der Waals surface area contributed by atoms with E-state index in [9.17, 15) is 18.3 Å². The van der Waals surface area contributed by atoms with Crippen molar-refractivity contribution in [2.75, 3.05) is 40.3 Å². The predicted octanol–water partition coefficient (Wildman–Crippen LogP) is 3.22. The maximum atomic E-state index is 13.6. The number of ether oxygens (including phenoxy) is 1. The lowest BCUT2D eigenvalue weighted by molar-refractivity contribution is 0.0959. The van der Waals surface area contributed by atoms with E-state index in [1.54, 1.807) is 29.0 Å². The molecule has 2 amide bonds. The molecule has 0 spiro atoms. The Kier molecular flexibility index (Phi) is 8.54. The van der Waals surface area contributed by atoms with Crippen LogP contribution in [0.1, 0.15) is 31.2 Å². The lowest BCUT2D eigenvalue weighted by Gasteiger charge is -2.30. The van der Waals surface area contributed by atoms with Gasteiger partial charge >= 0.3 is 6.03 Å². The molecule has 9 heteroatoms. The number of rotatable bonds is 11. The quantitative estimate of drug-likeness (QED) is 0.496. The van der Waals surface area contributed by atoms with Gasteiger partial charge in [0.25, 0.3) is 0 Å². The van der Waals surface area contributed by atoms with Crippen molar-refractivity contribution in [1.82, 2.24) is 14.1 Å². The highest BCUT2D eigenvalue weighted by molar-refractivity contribution is 7.89. The third-order valence-corrected chi connectivity index (χ3v) is 9.11. The first-order valence-electron chi connectivity index (χ1n) is 12.7. The fourth-order valence-corrected chi connectivity index (χ4v) is 6.88. The average molecular weight is 516 g/mol. The highest BCUT2D eigenvalue weighted by Gasteiger charge is 2.37. The van der Waals surface area contributed by atoms with Crippen LogP contribution in [0.25, 0.3) is 0 Å². The van der Waals surface area contributed by atoms with E-state index in [1.807, 2.05) is 30.3 Å². The van der Waals surface area contributed by atoms with E-state index in [2.05, 4.69) is 0 Å². The van der Waals surface area contributed by atoms with Crippen LogP contribution < -0.4 is 4.74 Å². The van der Waals surface area contributed by atoms with Crippen molar-refractivity contribution >= 4 is 16.1 Å². The van der Waals surface area contributed by atoms with E-state index in [1.165, 1.54) is 23.5 Å². The van der Waals surface area contributed by atoms with Gasteiger partial charge in [0, 0.05) is 26.7 Å². The third-order valence-electron chi connectivity index (χ3n) is 7.27. The van der Waals surface area contributed by atoms with Gasteiger partial charge in [-0.15, -0.1) is 0 Å². The zero-order chi connectivity index (χ0) is 25.7. The number of methoxy groups -OCH3 is 1. The molecule has 0 radical (unpaired) electrons. The number of hydrogen-bond acceptors (Lipinski definition) is 5. The minimum Gasteiger partial charge on any atom is -0.497 e. The summed E-state index contributed by atoms with van der Waals surface area (Å²) in [5.74, 6) is 0.855. The smallest absolute Gasteiger partial charge is 0.320 e. The van der Waals surface area contributed by atoms with E-state index >= 15 is 0 Å². The molecule has 196 valence electrons. The number of hydrogen-bond donors (Lipinski definition) is 1. The van der Waals surface area contributed by atoms with Gasteiger partial charge < -0.3 is 19.6 Å². The Morgan fingerprint density at radius 1 is 1.08 bits per heavy atom. The Hall–Kier alpha value is -2.62. The summed E-state index contributed by atoms with van der Waals surface area (Å²) in [7, 11) is -0.531. The molecule has 1 aliphatic carbocycles. The number of urea groups is 1. The van der Waals surface area contributed by atoms with Crippen LogP contribution in [-0.2, 0) is 16.4 Å². The van der Waals surface area contributed by atoms with Crippen LogP contribution in [0, 0.1) is 5.92 Å². The molecule has 4 rings (SSSR count). The van der Waals surface area contributed by atoms with E-state index < -0.39 is 16.1 Å². The monoisotopic (exact) mass is 515 g/mol. The van der Waals surface area contributed by atoms with Crippen LogP contribution in [0.3, 0.4) is 0 Å². The second-order valence-electron chi connectivity index (χ2n) is 9.96. The molecule has 1 aliphatic heterocycles. The summed E-state index contributed by atoms with van der Waals surface area (Å²) in [5.41, 5.74) is 1.12. The molecule has 8 nitrogen and oxygen atoms in total. The fourth-order valence-electron chi connectivity index (χ4n) is 5.32. The molecule has 1 saturated carbocycles. The average Bonchev–Trinajstić information content (AvgIpc) is 3.48. The van der Waals surface area contributed by atoms with E-state index in [4.69, 9.17) is 4.74 Å². The van der Waals surface area contributed by atoms with Gasteiger partial charge in [-0.05, 0) is 55.0 Å². The number of β-amino-alcohol motifs (C(OH)–C–C–N with tert-alkyl or cyclic N) is 1. The Morgan fingerprint density at radius 2 is 1.75 bits per heavy atom. The Labute approximate surface area is 214 Å². The molecule has 1 heterocycles. The molecule has 1 saturated heterocycles. The van der Waals surface area contributed by atoms with Crippen molar-refractivity contribution in [2.24, 2.45) is 5.92 Å². The van der Waals surface area contributed by atoms with Crippen molar-refractivity contribution in [3.05, 3.63) is 60.2 Å². The zero-order valence-corrected chi connectivity index (χ0v) is 21.9. The standard InChI is InChI=1S/C27H37N3O5S/c1-28-18-23(16-21-8-4-3-5-9-21)30(27(28)32)20-24(31)19-29(17-22-10-6-7-11-22)36(33,34)26-14-12-25(35-2)13-15-26/h3-5,8-9,12-15,22-24,31H,6-7,10-11,16-20H2,1-2H3/t23-,24?/m0/s1. The summed E-state index contributed by atoms with van der Waals surface area (Å²) < 4.78 is 33.8. The summed E-state index contributed by atoms with van der Waals surface area (Å²) in [4.78, 5) is 16.4. The zero-order valence-electron chi connectivity index (χ0n) is 21.1. The summed E-state index contributed by atoms with van der Waals surface area (Å²) in [5, 5.41) is 11.1. The fraction of sp³-hybridized carbons (Fsp3) is 0.519. The summed E-state index contributed by atoms with van der Waals surface area (Å²) >= 11 is 0. The molecular weight excluding hydrogens is 478 g/mol. The molecule has 0 aromatic heterocycles. The molecule has 1 N–H and O–H groups in total. The molecule has 2 atom stereocenters. The second-order valence-corrected chi connectivity index (χ2v) is 11.9. The normalized spacial score (nSPS) is 19.9. The van der Waals surface area contributed by atoms with Gasteiger partial charge in [-0.25, -0.2) is 13.2 Å². The topological polar surface area (TPSA) is 90.4 Å². The first-order valence-corrected chi connectivity index (χ1v) is 14.1. The Balaban J connectivity index is 1.50. The highest BCUT2D eigenvalue weighted by atomic mass is 32.2. The number of carbonyl (C=O) groups excluding carboxylic acids is 1. The van der Waals surface area contributed by atoms with Crippen LogP contribution in [0.2, 0.25) is 0 Å². The van der Waals surface area contributed by atoms with E-state index in [0.29, 0.717) is 25.3 Å². The number of amides is 2. The van der Waals surface area contributed by atoms with Gasteiger partial charge in [0.1, 0.15) is 5.75 Å². The molecule has 2 fully saturated rings. The van der Waals surface area contributed by atoms with Gasteiger partial charge in [-0.1, -0.05) is 43.2 Å². The van der Waals surface area contributed by atoms with Gasteiger partial charge in [0.2, 0.25) is 10.0 Å². The maximum absolute atomic E-state index is 13.6. The van der Waals surface area contributed by atoms with Crippen molar-refractivity contribution in [1.29, 1.82) is 0 Å². The molecule has 2 aromatic rings. The molecule has 2 aliphatic rings. The lowest BCUT2D eigenvalue weighted by Crippen LogP contribution is -2.47. The molecule has 2 aromatic carbocycles. The number of sulfonamides is 1. The van der Waals surface area contributed by atoms with Crippen molar-refractivity contribution in [2.45, 2.75) is 49.1 Å². The summed E-state index contributed by atoms with van der Waals surface area (Å²) in [6.45, 7) is 0.958. The Morgan fingerprint density at radius 3 is 2.39 bits per heavy atom. The van der Waals surface area contributed by atoms with Gasteiger partial charge in [-0.3, -0.25) is 0 Å². The van der Waals surface area contributed by atoms with Crippen molar-refractivity contribution < 1.29 is 23.1 Å². The number of nitrogens with zero attached hydrogens (tertiary/aromatic N) is 3. The minimum absolute atomic E-state index is 0.0591. The number of aliphatic hydroxyl groups is 1. The summed E-state index contributed by atoms with van der Waals surface area (Å²) in [6.07, 6.45) is 3.84. The van der Waals surface area contributed by atoms with E-state index in [0.717, 1.165) is 31.2 Å². The van der Waals surface area contributed by atoms with Crippen LogP contribution in [0.5, 0.6) is 5.75 Å². The van der Waals surface area contributed by atoms with Crippen LogP contribution in [0.15, 0.2) is 59.5 Å². The SMILES string of the molecule is COc1ccc(S(=O)(=O)N(CC(O)CN2C(=O)N(C)C[C@@H]2Cc2ccccc2)CC2CCCC2)cc1. The first-order chi connectivity index (χ1) is 17.3. The number of carbonyl (C=O) groups is 1. The maximum Gasteiger partial charge on any atom is 0.320 e. The van der Waals surface area contributed by atoms with Crippen molar-refractivity contribution in [3.8, 4) is 5.75 Å². The van der Waals surface area contributed by atoms with Crippen LogP contribution in [-0.4, -0.2) is 86.1 Å². The summed E-state index contributed by atoms with van der Waals surface area (Å²) in [6, 6.07) is 16.1. The molecular formula is C27H37N3O5S. The number of aliphatic hydroxyl groups excluding tert-OH is 1. The largest absolute Gasteiger partial charge is 0.497 e. The van der Waals surface area contributed by atoms with Gasteiger partial charge in [0.15, 0.2) is 0 Å². The minimum atomic E-state index is -3.82. The van der Waals surface area contributed by atoms with Gasteiger partial charge in [0.05, 0.1) is 30.7 Å². The van der Waals surface area contributed by atoms with E-state index in [-0.39, 0.29) is 36.0 Å². The van der Waals surface area contributed by atoms with Crippen LogP contribution >= 0.6 is 0 Å². The molecule has 0 bridgehead atoms. The molecule has 36 heavy (non-hydrogen) atoms. The van der Waals surface area contributed by atoms with Crippen molar-refractivity contribution in [3.63, 3.8) is 0 Å². The Bertz CT molecular complexity index is 1100. The third kappa shape index (κ3) is 6.19. The number of benzene rings is 2. The van der Waals surface area contributed by atoms with Crippen LogP contribution in [0.4, 0.5) is 4.79 Å². The number of likely N-dealkylation sites (N-methyl/N-ethyl adjacent to an activating group) is 1. The predicted molar refractivity (Wildman–Crippen MR) is 138 cm³/mol. The highest BCUT2D eigenvalue weighted by Crippen LogP contribution is 2.29. The lowest BCUT2D eigenvalue weighted by atomic mass is 10.1. The van der Waals surface area contributed by atoms with Gasteiger partial charge in [-0.2, -0.15) is 4.31 Å². The molecule has 1 unspecified atom stereocenters. The second kappa shape index (κ2) is 11.6. The first kappa shape index (κ1) is 26.4.